The molecular formula is C15H20N5O4. The topological polar surface area (TPSA) is 117 Å². The molecule has 1 N–H and O–H groups in total. The molecule has 1 aliphatic heterocycles. The first-order valence-corrected chi connectivity index (χ1v) is 7.73. The van der Waals surface area contributed by atoms with Crippen LogP contribution >= 0.6 is 0 Å². The molecule has 0 spiro atoms. The second-order valence-corrected chi connectivity index (χ2v) is 7.49. The van der Waals surface area contributed by atoms with E-state index in [0.29, 0.717) is 24.1 Å². The SMILES string of the molecule is CC1(C)CC(Nc2cnc([N+](=O)[O-])c3cnoc23)CC(C)(C)N1[O]. The van der Waals surface area contributed by atoms with Crippen molar-refractivity contribution in [1.29, 1.82) is 0 Å². The summed E-state index contributed by atoms with van der Waals surface area (Å²) in [4.78, 5) is 14.4. The number of nitrogens with one attached hydrogen (secondary N) is 1. The fourth-order valence-corrected chi connectivity index (χ4v) is 3.68. The quantitative estimate of drug-likeness (QED) is 0.677. The van der Waals surface area contributed by atoms with Gasteiger partial charge in [-0.25, -0.2) is 0 Å². The van der Waals surface area contributed by atoms with Gasteiger partial charge in [-0.2, -0.15) is 0 Å². The summed E-state index contributed by atoms with van der Waals surface area (Å²) in [5.74, 6) is -0.285. The van der Waals surface area contributed by atoms with Crippen molar-refractivity contribution in [3.63, 3.8) is 0 Å². The number of anilines is 1. The van der Waals surface area contributed by atoms with Gasteiger partial charge in [0.2, 0.25) is 5.58 Å². The molecule has 9 nitrogen and oxygen atoms in total. The highest BCUT2D eigenvalue weighted by Crippen LogP contribution is 2.39. The van der Waals surface area contributed by atoms with Crippen LogP contribution in [-0.2, 0) is 5.21 Å². The Labute approximate surface area is 138 Å². The van der Waals surface area contributed by atoms with Crippen LogP contribution in [0.25, 0.3) is 11.0 Å². The van der Waals surface area contributed by atoms with E-state index in [2.05, 4.69) is 15.5 Å². The van der Waals surface area contributed by atoms with Gasteiger partial charge >= 0.3 is 5.82 Å². The van der Waals surface area contributed by atoms with Crippen LogP contribution in [0.5, 0.6) is 0 Å². The van der Waals surface area contributed by atoms with Crippen molar-refractivity contribution in [3.8, 4) is 0 Å². The Morgan fingerprint density at radius 1 is 1.29 bits per heavy atom. The van der Waals surface area contributed by atoms with Gasteiger partial charge < -0.3 is 20.0 Å². The molecule has 0 saturated carbocycles. The van der Waals surface area contributed by atoms with Crippen molar-refractivity contribution in [2.75, 3.05) is 5.32 Å². The lowest BCUT2D eigenvalue weighted by Crippen LogP contribution is -2.60. The second kappa shape index (κ2) is 5.38. The maximum atomic E-state index is 12.4. The van der Waals surface area contributed by atoms with Crippen molar-refractivity contribution in [2.45, 2.75) is 57.7 Å². The Balaban J connectivity index is 1.92. The van der Waals surface area contributed by atoms with E-state index in [9.17, 15) is 15.3 Å². The number of piperidine rings is 1. The molecule has 24 heavy (non-hydrogen) atoms. The largest absolute Gasteiger partial charge is 0.376 e. The molecule has 1 aliphatic rings. The summed E-state index contributed by atoms with van der Waals surface area (Å²) >= 11 is 0. The van der Waals surface area contributed by atoms with E-state index >= 15 is 0 Å². The highest BCUT2D eigenvalue weighted by molar-refractivity contribution is 5.93. The molecule has 3 heterocycles. The summed E-state index contributed by atoms with van der Waals surface area (Å²) in [6.07, 6.45) is 3.94. The number of fused-ring (bicyclic) bond motifs is 1. The van der Waals surface area contributed by atoms with Crippen molar-refractivity contribution >= 4 is 22.5 Å². The van der Waals surface area contributed by atoms with E-state index in [4.69, 9.17) is 4.52 Å². The van der Waals surface area contributed by atoms with Crippen molar-refractivity contribution in [1.82, 2.24) is 15.2 Å². The van der Waals surface area contributed by atoms with Crippen LogP contribution in [0, 0.1) is 10.1 Å². The van der Waals surface area contributed by atoms with Crippen LogP contribution in [0.1, 0.15) is 40.5 Å². The molecule has 0 unspecified atom stereocenters. The minimum atomic E-state index is -0.564. The first-order valence-electron chi connectivity index (χ1n) is 7.73. The third-order valence-corrected chi connectivity index (χ3v) is 4.50. The number of nitrogens with zero attached hydrogens (tertiary/aromatic N) is 4. The number of hydrogen-bond donors (Lipinski definition) is 1. The highest BCUT2D eigenvalue weighted by Gasteiger charge is 2.46. The number of rotatable bonds is 3. The van der Waals surface area contributed by atoms with Crippen LogP contribution in [0.2, 0.25) is 0 Å². The van der Waals surface area contributed by atoms with Gasteiger partial charge in [0.05, 0.1) is 6.20 Å². The number of hydroxylamine groups is 2. The minimum Gasteiger partial charge on any atom is -0.376 e. The van der Waals surface area contributed by atoms with Gasteiger partial charge in [-0.15, -0.1) is 10.3 Å². The van der Waals surface area contributed by atoms with Gasteiger partial charge in [0.25, 0.3) is 0 Å². The van der Waals surface area contributed by atoms with Crippen LogP contribution in [0.3, 0.4) is 0 Å². The zero-order valence-electron chi connectivity index (χ0n) is 14.1. The molecule has 9 heteroatoms. The summed E-state index contributed by atoms with van der Waals surface area (Å²) in [7, 11) is 0. The lowest BCUT2D eigenvalue weighted by Gasteiger charge is -2.50. The van der Waals surface area contributed by atoms with Crippen LogP contribution in [0.4, 0.5) is 11.5 Å². The van der Waals surface area contributed by atoms with E-state index in [-0.39, 0.29) is 17.2 Å². The maximum absolute atomic E-state index is 12.4. The Morgan fingerprint density at radius 3 is 2.50 bits per heavy atom. The molecule has 1 fully saturated rings. The van der Waals surface area contributed by atoms with Gasteiger partial charge in [-0.05, 0) is 50.4 Å². The van der Waals surface area contributed by atoms with E-state index in [1.54, 1.807) is 0 Å². The highest BCUT2D eigenvalue weighted by atomic mass is 16.6. The average molecular weight is 334 g/mol. The molecule has 0 atom stereocenters. The van der Waals surface area contributed by atoms with Gasteiger partial charge in [0.1, 0.15) is 11.1 Å². The first kappa shape index (κ1) is 16.6. The summed E-state index contributed by atoms with van der Waals surface area (Å²) in [5, 5.41) is 31.8. The van der Waals surface area contributed by atoms with E-state index < -0.39 is 16.0 Å². The molecule has 0 bridgehead atoms. The van der Waals surface area contributed by atoms with Crippen molar-refractivity contribution in [3.05, 3.63) is 22.5 Å². The van der Waals surface area contributed by atoms with Crippen LogP contribution < -0.4 is 5.32 Å². The normalized spacial score (nSPS) is 21.0. The van der Waals surface area contributed by atoms with Crippen LogP contribution in [-0.4, -0.2) is 37.2 Å². The number of hydrogen-bond acceptors (Lipinski definition) is 7. The molecular weight excluding hydrogens is 314 g/mol. The summed E-state index contributed by atoms with van der Waals surface area (Å²) in [6.45, 7) is 7.64. The first-order chi connectivity index (χ1) is 11.1. The van der Waals surface area contributed by atoms with Gasteiger partial charge in [0.15, 0.2) is 6.20 Å². The van der Waals surface area contributed by atoms with Crippen LogP contribution in [0.15, 0.2) is 16.9 Å². The average Bonchev–Trinajstić information content (AvgIpc) is 2.93. The smallest absolute Gasteiger partial charge is 0.376 e. The summed E-state index contributed by atoms with van der Waals surface area (Å²) < 4.78 is 5.18. The van der Waals surface area contributed by atoms with Gasteiger partial charge in [-0.1, -0.05) is 5.16 Å². The molecule has 0 aromatic carbocycles. The molecule has 2 aromatic heterocycles. The predicted octanol–water partition coefficient (Wildman–Crippen LogP) is 2.91. The molecule has 3 rings (SSSR count). The fourth-order valence-electron chi connectivity index (χ4n) is 3.68. The lowest BCUT2D eigenvalue weighted by molar-refractivity contribution is -0.387. The number of nitro groups is 1. The van der Waals surface area contributed by atoms with Gasteiger partial charge in [0, 0.05) is 17.1 Å². The zero-order valence-corrected chi connectivity index (χ0v) is 14.1. The van der Waals surface area contributed by atoms with Crippen molar-refractivity contribution < 1.29 is 14.7 Å². The summed E-state index contributed by atoms with van der Waals surface area (Å²) in [6, 6.07) is 0.0109. The number of pyridine rings is 1. The molecule has 2 aromatic rings. The van der Waals surface area contributed by atoms with E-state index in [1.165, 1.54) is 12.4 Å². The molecule has 0 aliphatic carbocycles. The Morgan fingerprint density at radius 2 is 1.92 bits per heavy atom. The van der Waals surface area contributed by atoms with Crippen molar-refractivity contribution in [2.24, 2.45) is 0 Å². The fraction of sp³-hybridized carbons (Fsp3) is 0.600. The lowest BCUT2D eigenvalue weighted by atomic mass is 9.79. The zero-order chi connectivity index (χ0) is 17.7. The Hall–Kier alpha value is -2.26. The standard InChI is InChI=1S/C15H20N5O4/c1-14(2)5-9(6-15(3,4)20(14)23)18-11-8-16-13(19(21)22)10-7-17-24-12(10)11/h7-9,18H,5-6H2,1-4H3. The third kappa shape index (κ3) is 2.69. The molecule has 1 radical (unpaired) electrons. The monoisotopic (exact) mass is 334 g/mol. The molecule has 1 saturated heterocycles. The third-order valence-electron chi connectivity index (χ3n) is 4.50. The maximum Gasteiger partial charge on any atom is 0.376 e. The Bertz CT molecular complexity index is 767. The Kier molecular flexibility index (Phi) is 3.72. The van der Waals surface area contributed by atoms with E-state index in [1.807, 2.05) is 27.7 Å². The molecule has 0 amide bonds. The van der Waals surface area contributed by atoms with Gasteiger partial charge in [-0.3, -0.25) is 0 Å². The molecule has 129 valence electrons. The van der Waals surface area contributed by atoms with E-state index in [0.717, 1.165) is 5.06 Å². The predicted molar refractivity (Wildman–Crippen MR) is 85.8 cm³/mol. The minimum absolute atomic E-state index is 0.0109. The second-order valence-electron chi connectivity index (χ2n) is 7.49. The summed E-state index contributed by atoms with van der Waals surface area (Å²) in [5.41, 5.74) is -0.191. The number of aromatic nitrogens is 2.